The lowest BCUT2D eigenvalue weighted by Gasteiger charge is -2.12. The Labute approximate surface area is 173 Å². The van der Waals surface area contributed by atoms with Crippen LogP contribution in [0.2, 0.25) is 0 Å². The standard InChI is InChI=1S/C24H19FN4O/c1-16(30)17-10-12-20(13-11-17)27-24-28-22(18-6-3-2-4-7-18)15-23(29-24)26-21-9-5-8-19(25)14-21/h2-15H,1H3,(H2,26,27,28,29). The predicted octanol–water partition coefficient (Wildman–Crippen LogP) is 5.97. The number of aromatic nitrogens is 2. The molecule has 148 valence electrons. The molecular formula is C24H19FN4O. The van der Waals surface area contributed by atoms with Crippen LogP contribution in [-0.2, 0) is 0 Å². The molecule has 0 radical (unpaired) electrons. The van der Waals surface area contributed by atoms with Crippen molar-refractivity contribution in [1.29, 1.82) is 0 Å². The van der Waals surface area contributed by atoms with Crippen molar-refractivity contribution < 1.29 is 9.18 Å². The van der Waals surface area contributed by atoms with Crippen LogP contribution in [0.25, 0.3) is 11.3 Å². The second kappa shape index (κ2) is 8.53. The van der Waals surface area contributed by atoms with E-state index >= 15 is 0 Å². The molecule has 3 aromatic carbocycles. The Morgan fingerprint density at radius 2 is 1.57 bits per heavy atom. The number of benzene rings is 3. The van der Waals surface area contributed by atoms with Crippen LogP contribution in [0.1, 0.15) is 17.3 Å². The molecule has 5 nitrogen and oxygen atoms in total. The number of nitrogens with zero attached hydrogens (tertiary/aromatic N) is 2. The van der Waals surface area contributed by atoms with Gasteiger partial charge in [0, 0.05) is 28.6 Å². The first-order valence-corrected chi connectivity index (χ1v) is 9.42. The van der Waals surface area contributed by atoms with Gasteiger partial charge in [0.05, 0.1) is 5.69 Å². The third-order valence-corrected chi connectivity index (χ3v) is 4.44. The van der Waals surface area contributed by atoms with Gasteiger partial charge in [-0.2, -0.15) is 4.98 Å². The maximum atomic E-state index is 13.6. The van der Waals surface area contributed by atoms with Crippen molar-refractivity contribution in [3.8, 4) is 11.3 Å². The lowest BCUT2D eigenvalue weighted by Crippen LogP contribution is -2.03. The number of Topliss-reactive ketones (excluding diaryl/α,β-unsaturated/α-hetero) is 1. The summed E-state index contributed by atoms with van der Waals surface area (Å²) in [4.78, 5) is 20.6. The molecule has 6 heteroatoms. The zero-order chi connectivity index (χ0) is 20.9. The van der Waals surface area contributed by atoms with Crippen molar-refractivity contribution in [3.05, 3.63) is 96.3 Å². The van der Waals surface area contributed by atoms with Gasteiger partial charge in [-0.15, -0.1) is 0 Å². The van der Waals surface area contributed by atoms with Crippen molar-refractivity contribution in [2.75, 3.05) is 10.6 Å². The molecule has 30 heavy (non-hydrogen) atoms. The number of nitrogens with one attached hydrogen (secondary N) is 2. The Kier molecular flexibility index (Phi) is 5.48. The molecule has 0 aliphatic heterocycles. The highest BCUT2D eigenvalue weighted by molar-refractivity contribution is 5.94. The van der Waals surface area contributed by atoms with E-state index in [9.17, 15) is 9.18 Å². The first-order valence-electron chi connectivity index (χ1n) is 9.42. The fraction of sp³-hybridized carbons (Fsp3) is 0.0417. The van der Waals surface area contributed by atoms with Crippen molar-refractivity contribution in [2.24, 2.45) is 0 Å². The van der Waals surface area contributed by atoms with Crippen molar-refractivity contribution >= 4 is 28.9 Å². The molecule has 1 heterocycles. The predicted molar refractivity (Wildman–Crippen MR) is 117 cm³/mol. The molecule has 0 spiro atoms. The number of ketones is 1. The minimum absolute atomic E-state index is 0.00505. The SMILES string of the molecule is CC(=O)c1ccc(Nc2nc(Nc3cccc(F)c3)cc(-c3ccccc3)n2)cc1. The van der Waals surface area contributed by atoms with Crippen LogP contribution in [0.5, 0.6) is 0 Å². The zero-order valence-corrected chi connectivity index (χ0v) is 16.3. The largest absolute Gasteiger partial charge is 0.340 e. The van der Waals surface area contributed by atoms with Gasteiger partial charge in [0.15, 0.2) is 5.78 Å². The van der Waals surface area contributed by atoms with Gasteiger partial charge >= 0.3 is 0 Å². The second-order valence-corrected chi connectivity index (χ2v) is 6.72. The monoisotopic (exact) mass is 398 g/mol. The first-order chi connectivity index (χ1) is 14.6. The van der Waals surface area contributed by atoms with Gasteiger partial charge in [0.25, 0.3) is 0 Å². The molecule has 0 fully saturated rings. The maximum absolute atomic E-state index is 13.6. The normalized spacial score (nSPS) is 10.5. The molecule has 0 aliphatic carbocycles. The summed E-state index contributed by atoms with van der Waals surface area (Å²) in [5, 5.41) is 6.30. The smallest absolute Gasteiger partial charge is 0.229 e. The first kappa shape index (κ1) is 19.3. The molecular weight excluding hydrogens is 379 g/mol. The van der Waals surface area contributed by atoms with E-state index in [0.29, 0.717) is 28.7 Å². The van der Waals surface area contributed by atoms with E-state index in [4.69, 9.17) is 0 Å². The summed E-state index contributed by atoms with van der Waals surface area (Å²) in [5.41, 5.74) is 3.61. The van der Waals surface area contributed by atoms with Gasteiger partial charge in [0.2, 0.25) is 5.95 Å². The number of anilines is 4. The highest BCUT2D eigenvalue weighted by Crippen LogP contribution is 2.25. The summed E-state index contributed by atoms with van der Waals surface area (Å²) in [6.45, 7) is 1.53. The minimum atomic E-state index is -0.332. The van der Waals surface area contributed by atoms with E-state index in [1.54, 1.807) is 36.4 Å². The average molecular weight is 398 g/mol. The van der Waals surface area contributed by atoms with E-state index in [0.717, 1.165) is 11.3 Å². The molecule has 2 N–H and O–H groups in total. The third kappa shape index (κ3) is 4.67. The van der Waals surface area contributed by atoms with Gasteiger partial charge < -0.3 is 10.6 Å². The van der Waals surface area contributed by atoms with Gasteiger partial charge in [-0.1, -0.05) is 36.4 Å². The fourth-order valence-corrected chi connectivity index (χ4v) is 2.96. The molecule has 4 aromatic rings. The van der Waals surface area contributed by atoms with Gasteiger partial charge in [0.1, 0.15) is 11.6 Å². The lowest BCUT2D eigenvalue weighted by molar-refractivity contribution is 0.101. The van der Waals surface area contributed by atoms with Crippen LogP contribution >= 0.6 is 0 Å². The fourth-order valence-electron chi connectivity index (χ4n) is 2.96. The number of hydrogen-bond donors (Lipinski definition) is 2. The topological polar surface area (TPSA) is 66.9 Å². The Balaban J connectivity index is 1.68. The Hall–Kier alpha value is -4.06. The lowest BCUT2D eigenvalue weighted by atomic mass is 10.1. The Morgan fingerprint density at radius 1 is 0.800 bits per heavy atom. The highest BCUT2D eigenvalue weighted by atomic mass is 19.1. The van der Waals surface area contributed by atoms with Crippen LogP contribution in [0, 0.1) is 5.82 Å². The molecule has 0 bridgehead atoms. The summed E-state index contributed by atoms with van der Waals surface area (Å²) >= 11 is 0. The average Bonchev–Trinajstić information content (AvgIpc) is 2.75. The number of hydrogen-bond acceptors (Lipinski definition) is 5. The highest BCUT2D eigenvalue weighted by Gasteiger charge is 2.09. The van der Waals surface area contributed by atoms with Gasteiger partial charge in [-0.25, -0.2) is 9.37 Å². The van der Waals surface area contributed by atoms with E-state index in [2.05, 4.69) is 20.6 Å². The number of carbonyl (C=O) groups excluding carboxylic acids is 1. The van der Waals surface area contributed by atoms with Crippen molar-refractivity contribution in [3.63, 3.8) is 0 Å². The van der Waals surface area contributed by atoms with Gasteiger partial charge in [-0.05, 0) is 49.4 Å². The van der Waals surface area contributed by atoms with Crippen LogP contribution < -0.4 is 10.6 Å². The van der Waals surface area contributed by atoms with Crippen molar-refractivity contribution in [1.82, 2.24) is 9.97 Å². The summed E-state index contributed by atoms with van der Waals surface area (Å²) in [5.74, 6) is 0.579. The molecule has 0 amide bonds. The van der Waals surface area contributed by atoms with Crippen molar-refractivity contribution in [2.45, 2.75) is 6.92 Å². The molecule has 0 aliphatic rings. The zero-order valence-electron chi connectivity index (χ0n) is 16.3. The molecule has 0 atom stereocenters. The third-order valence-electron chi connectivity index (χ3n) is 4.44. The van der Waals surface area contributed by atoms with Crippen LogP contribution in [0.3, 0.4) is 0 Å². The molecule has 0 saturated heterocycles. The van der Waals surface area contributed by atoms with E-state index in [1.165, 1.54) is 19.1 Å². The van der Waals surface area contributed by atoms with Crippen LogP contribution in [0.15, 0.2) is 84.9 Å². The molecule has 0 saturated carbocycles. The van der Waals surface area contributed by atoms with Crippen LogP contribution in [0.4, 0.5) is 27.5 Å². The second-order valence-electron chi connectivity index (χ2n) is 6.72. The molecule has 4 rings (SSSR count). The Bertz CT molecular complexity index is 1180. The number of carbonyl (C=O) groups is 1. The summed E-state index contributed by atoms with van der Waals surface area (Å²) in [7, 11) is 0. The molecule has 0 unspecified atom stereocenters. The minimum Gasteiger partial charge on any atom is -0.340 e. The summed E-state index contributed by atoms with van der Waals surface area (Å²) < 4.78 is 13.6. The quantitative estimate of drug-likeness (QED) is 0.392. The summed E-state index contributed by atoms with van der Waals surface area (Å²) in [6.07, 6.45) is 0. The Morgan fingerprint density at radius 3 is 2.27 bits per heavy atom. The van der Waals surface area contributed by atoms with Crippen LogP contribution in [-0.4, -0.2) is 15.8 Å². The van der Waals surface area contributed by atoms with Gasteiger partial charge in [-0.3, -0.25) is 4.79 Å². The summed E-state index contributed by atoms with van der Waals surface area (Å²) in [6, 6.07) is 24.8. The number of halogens is 1. The number of rotatable bonds is 6. The maximum Gasteiger partial charge on any atom is 0.229 e. The molecule has 1 aromatic heterocycles. The van der Waals surface area contributed by atoms with E-state index in [-0.39, 0.29) is 11.6 Å². The van der Waals surface area contributed by atoms with E-state index < -0.39 is 0 Å². The van der Waals surface area contributed by atoms with E-state index in [1.807, 2.05) is 36.4 Å².